The van der Waals surface area contributed by atoms with E-state index in [1.54, 1.807) is 0 Å². The van der Waals surface area contributed by atoms with E-state index >= 15 is 0 Å². The largest absolute Gasteiger partial charge is 0.359 e. The molecule has 0 aromatic heterocycles. The van der Waals surface area contributed by atoms with Crippen molar-refractivity contribution in [3.8, 4) is 0 Å². The summed E-state index contributed by atoms with van der Waals surface area (Å²) in [4.78, 5) is 0. The van der Waals surface area contributed by atoms with Gasteiger partial charge in [-0.2, -0.15) is 0 Å². The van der Waals surface area contributed by atoms with Gasteiger partial charge < -0.3 is 10.6 Å². The van der Waals surface area contributed by atoms with Crippen molar-refractivity contribution in [1.29, 1.82) is 0 Å². The molecular weight excluding hydrogens is 572 g/mol. The molecule has 2 N–H and O–H groups in total. The van der Waals surface area contributed by atoms with Crippen LogP contribution in [0.3, 0.4) is 0 Å². The van der Waals surface area contributed by atoms with Crippen molar-refractivity contribution in [2.45, 2.75) is 81.3 Å². The van der Waals surface area contributed by atoms with Crippen LogP contribution < -0.4 is 10.6 Å². The molecule has 1 aliphatic rings. The predicted molar refractivity (Wildman–Crippen MR) is 170 cm³/mol. The molecule has 3 aromatic rings. The first-order valence-electron chi connectivity index (χ1n) is 13.3. The summed E-state index contributed by atoms with van der Waals surface area (Å²) in [5.41, 5.74) is 7.01. The van der Waals surface area contributed by atoms with E-state index in [9.17, 15) is 0 Å². The Bertz CT molecular complexity index is 994. The fourth-order valence-electron chi connectivity index (χ4n) is 3.15. The number of nitrogens with one attached hydrogen (secondary N) is 2. The van der Waals surface area contributed by atoms with Gasteiger partial charge in [0.25, 0.3) is 0 Å². The van der Waals surface area contributed by atoms with Gasteiger partial charge in [-0.25, -0.2) is 0 Å². The highest BCUT2D eigenvalue weighted by molar-refractivity contribution is 9.10. The normalized spacial score (nSPS) is 13.1. The Labute approximate surface area is 238 Å². The quantitative estimate of drug-likeness (QED) is 0.305. The van der Waals surface area contributed by atoms with Crippen LogP contribution in [0.1, 0.15) is 96.7 Å². The molecule has 3 aromatic carbocycles. The van der Waals surface area contributed by atoms with E-state index in [2.05, 4.69) is 144 Å². The molecule has 1 unspecified atom stereocenters. The zero-order chi connectivity index (χ0) is 27.5. The number of benzene rings is 3. The van der Waals surface area contributed by atoms with E-state index < -0.39 is 0 Å². The Balaban J connectivity index is 0.00000108. The highest BCUT2D eigenvalue weighted by atomic mass is 79.9. The molecule has 0 spiro atoms. The van der Waals surface area contributed by atoms with Gasteiger partial charge in [-0.1, -0.05) is 149 Å². The van der Waals surface area contributed by atoms with E-state index in [1.807, 2.05) is 33.8 Å². The minimum absolute atomic E-state index is 0.0498. The van der Waals surface area contributed by atoms with Crippen molar-refractivity contribution in [2.75, 3.05) is 0 Å². The molecule has 198 valence electrons. The van der Waals surface area contributed by atoms with Crippen molar-refractivity contribution in [3.05, 3.63) is 104 Å². The smallest absolute Gasteiger partial charge is 0.123 e. The number of rotatable bonds is 3. The SMILES string of the molecule is CC.CC.CCC.CCC.Cc1cc(C2=C(c3ccc(Br)cc3)NC(c3ccccc3)N2)ccc1Br. The fraction of sp³-hybridized carbons (Fsp3) is 0.375. The van der Waals surface area contributed by atoms with Crippen molar-refractivity contribution < 1.29 is 0 Å². The molecule has 0 bridgehead atoms. The Morgan fingerprint density at radius 3 is 1.56 bits per heavy atom. The van der Waals surface area contributed by atoms with Crippen LogP contribution in [0.5, 0.6) is 0 Å². The van der Waals surface area contributed by atoms with E-state index in [0.29, 0.717) is 0 Å². The van der Waals surface area contributed by atoms with Crippen molar-refractivity contribution in [1.82, 2.24) is 10.6 Å². The number of halogens is 2. The van der Waals surface area contributed by atoms with E-state index in [-0.39, 0.29) is 6.17 Å². The van der Waals surface area contributed by atoms with Crippen molar-refractivity contribution >= 4 is 43.3 Å². The molecule has 0 saturated carbocycles. The average Bonchev–Trinajstić information content (AvgIpc) is 3.36. The van der Waals surface area contributed by atoms with Crippen molar-refractivity contribution in [2.24, 2.45) is 0 Å². The van der Waals surface area contributed by atoms with E-state index in [4.69, 9.17) is 0 Å². The molecule has 4 heteroatoms. The number of hydrogen-bond acceptors (Lipinski definition) is 2. The van der Waals surface area contributed by atoms with Gasteiger partial charge in [-0.05, 0) is 47.9 Å². The summed E-state index contributed by atoms with van der Waals surface area (Å²) in [7, 11) is 0. The first-order valence-corrected chi connectivity index (χ1v) is 14.9. The van der Waals surface area contributed by atoms with Gasteiger partial charge >= 0.3 is 0 Å². The maximum absolute atomic E-state index is 3.67. The third-order valence-electron chi connectivity index (χ3n) is 4.54. The van der Waals surface area contributed by atoms with Crippen LogP contribution in [0.15, 0.2) is 81.7 Å². The van der Waals surface area contributed by atoms with E-state index in [1.165, 1.54) is 29.5 Å². The van der Waals surface area contributed by atoms with Crippen LogP contribution >= 0.6 is 31.9 Å². The van der Waals surface area contributed by atoms with Crippen LogP contribution in [0.25, 0.3) is 11.4 Å². The third-order valence-corrected chi connectivity index (χ3v) is 5.96. The summed E-state index contributed by atoms with van der Waals surface area (Å²) in [5.74, 6) is 0. The topological polar surface area (TPSA) is 24.1 Å². The molecule has 0 aliphatic carbocycles. The van der Waals surface area contributed by atoms with Crippen LogP contribution in [0.4, 0.5) is 0 Å². The molecule has 0 amide bonds. The molecule has 2 nitrogen and oxygen atoms in total. The van der Waals surface area contributed by atoms with Gasteiger partial charge in [0.15, 0.2) is 0 Å². The second kappa shape index (κ2) is 20.1. The van der Waals surface area contributed by atoms with Crippen LogP contribution in [0.2, 0.25) is 0 Å². The number of aryl methyl sites for hydroxylation is 1. The summed E-state index contributed by atoms with van der Waals surface area (Å²) in [5, 5.41) is 7.34. The second-order valence-corrected chi connectivity index (χ2v) is 9.54. The van der Waals surface area contributed by atoms with Crippen molar-refractivity contribution in [3.63, 3.8) is 0 Å². The average molecular weight is 619 g/mol. The highest BCUT2D eigenvalue weighted by Crippen LogP contribution is 2.34. The third kappa shape index (κ3) is 10.9. The number of hydrogen-bond donors (Lipinski definition) is 2. The van der Waals surface area contributed by atoms with Crippen LogP contribution in [0, 0.1) is 6.92 Å². The summed E-state index contributed by atoms with van der Waals surface area (Å²) >= 11 is 7.12. The Morgan fingerprint density at radius 2 is 1.08 bits per heavy atom. The van der Waals surface area contributed by atoms with Gasteiger partial charge in [0.2, 0.25) is 0 Å². The van der Waals surface area contributed by atoms with Crippen LogP contribution in [-0.4, -0.2) is 0 Å². The minimum atomic E-state index is 0.0498. The lowest BCUT2D eigenvalue weighted by molar-refractivity contribution is 0.620. The zero-order valence-electron chi connectivity index (χ0n) is 23.7. The monoisotopic (exact) mass is 616 g/mol. The lowest BCUT2D eigenvalue weighted by atomic mass is 10.0. The first kappa shape index (κ1) is 34.0. The first-order chi connectivity index (χ1) is 17.4. The summed E-state index contributed by atoms with van der Waals surface area (Å²) in [6.07, 6.45) is 2.55. The summed E-state index contributed by atoms with van der Waals surface area (Å²) < 4.78 is 2.20. The minimum Gasteiger partial charge on any atom is -0.359 e. The standard InChI is InChI=1S/C22H18Br2N2.2C3H8.2C2H6/c1-14-13-17(9-12-19(14)24)21-20(15-7-10-18(23)11-8-15)25-22(26-21)16-5-3-2-4-6-16;2*1-3-2;2*1-2/h2-13,22,25-26H,1H3;2*3H2,1-2H3;2*1-2H3. The van der Waals surface area contributed by atoms with Crippen LogP contribution in [-0.2, 0) is 0 Å². The predicted octanol–water partition coefficient (Wildman–Crippen LogP) is 11.1. The molecule has 1 aliphatic heterocycles. The van der Waals surface area contributed by atoms with Gasteiger partial charge in [-0.3, -0.25) is 0 Å². The lowest BCUT2D eigenvalue weighted by Gasteiger charge is -2.15. The molecule has 36 heavy (non-hydrogen) atoms. The molecule has 1 atom stereocenters. The zero-order valence-corrected chi connectivity index (χ0v) is 26.8. The molecule has 4 rings (SSSR count). The lowest BCUT2D eigenvalue weighted by Crippen LogP contribution is -2.23. The molecule has 0 radical (unpaired) electrons. The molecule has 0 fully saturated rings. The molecular formula is C32H46Br2N2. The maximum Gasteiger partial charge on any atom is 0.123 e. The maximum atomic E-state index is 3.67. The second-order valence-electron chi connectivity index (χ2n) is 7.77. The Hall–Kier alpha value is -2.04. The Morgan fingerprint density at radius 1 is 0.639 bits per heavy atom. The fourth-order valence-corrected chi connectivity index (χ4v) is 3.66. The molecule has 0 saturated heterocycles. The Kier molecular flexibility index (Phi) is 18.9. The summed E-state index contributed by atoms with van der Waals surface area (Å²) in [6.45, 7) is 18.6. The van der Waals surface area contributed by atoms with Gasteiger partial charge in [-0.15, -0.1) is 0 Å². The van der Waals surface area contributed by atoms with Gasteiger partial charge in [0.05, 0.1) is 11.4 Å². The summed E-state index contributed by atoms with van der Waals surface area (Å²) in [6, 6.07) is 25.3. The van der Waals surface area contributed by atoms with Gasteiger partial charge in [0, 0.05) is 14.5 Å². The van der Waals surface area contributed by atoms with Gasteiger partial charge in [0.1, 0.15) is 6.17 Å². The highest BCUT2D eigenvalue weighted by Gasteiger charge is 2.25. The van der Waals surface area contributed by atoms with E-state index in [0.717, 1.165) is 25.9 Å². The molecule has 1 heterocycles.